The maximum atomic E-state index is 13.3. The molecule has 174 valence electrons. The molecule has 0 aliphatic carbocycles. The van der Waals surface area contributed by atoms with E-state index in [0.29, 0.717) is 41.0 Å². The third-order valence-corrected chi connectivity index (χ3v) is 7.02. The van der Waals surface area contributed by atoms with E-state index in [0.717, 1.165) is 15.8 Å². The number of thiazole rings is 1. The molecule has 0 radical (unpaired) electrons. The van der Waals surface area contributed by atoms with Gasteiger partial charge in [0.1, 0.15) is 19.0 Å². The number of carbonyl (C=O) groups excluding carboxylic acids is 2. The highest BCUT2D eigenvalue weighted by Crippen LogP contribution is 2.45. The summed E-state index contributed by atoms with van der Waals surface area (Å²) in [7, 11) is 0. The molecule has 2 aromatic heterocycles. The van der Waals surface area contributed by atoms with Crippen LogP contribution >= 0.6 is 11.3 Å². The number of anilines is 1. The molecule has 0 saturated carbocycles. The molecule has 1 saturated heterocycles. The number of rotatable bonds is 3. The minimum atomic E-state index is -0.890. The molecule has 6 rings (SSSR count). The summed E-state index contributed by atoms with van der Waals surface area (Å²) in [4.78, 5) is 36.8. The maximum Gasteiger partial charge on any atom is 0.301 e. The molecule has 35 heavy (non-hydrogen) atoms. The lowest BCUT2D eigenvalue weighted by Gasteiger charge is -2.23. The Balaban J connectivity index is 1.53. The number of hydrogen-bond acceptors (Lipinski definition) is 8. The van der Waals surface area contributed by atoms with Crippen LogP contribution in [0.3, 0.4) is 0 Å². The number of carbonyl (C=O) groups is 2. The second-order valence-corrected chi connectivity index (χ2v) is 9.29. The first-order chi connectivity index (χ1) is 17.0. The molecule has 1 fully saturated rings. The number of amides is 1. The van der Waals surface area contributed by atoms with E-state index in [1.807, 2.05) is 25.1 Å². The zero-order chi connectivity index (χ0) is 24.1. The summed E-state index contributed by atoms with van der Waals surface area (Å²) in [6.07, 6.45) is 3.19. The zero-order valence-corrected chi connectivity index (χ0v) is 19.4. The Labute approximate surface area is 204 Å². The minimum Gasteiger partial charge on any atom is -0.507 e. The topological polar surface area (TPSA) is 102 Å². The van der Waals surface area contributed by atoms with Crippen molar-refractivity contribution in [3.8, 4) is 11.5 Å². The number of fused-ring (bicyclic) bond motifs is 2. The Morgan fingerprint density at radius 3 is 2.71 bits per heavy atom. The molecule has 1 unspecified atom stereocenters. The number of nitrogens with zero attached hydrogens (tertiary/aromatic N) is 3. The van der Waals surface area contributed by atoms with E-state index in [1.54, 1.807) is 42.7 Å². The van der Waals surface area contributed by atoms with Gasteiger partial charge in [0.15, 0.2) is 16.6 Å². The van der Waals surface area contributed by atoms with E-state index in [4.69, 9.17) is 9.47 Å². The fourth-order valence-corrected chi connectivity index (χ4v) is 5.44. The van der Waals surface area contributed by atoms with Crippen molar-refractivity contribution in [3.05, 3.63) is 83.2 Å². The van der Waals surface area contributed by atoms with Crippen molar-refractivity contribution in [2.75, 3.05) is 18.1 Å². The molecule has 1 N–H and O–H groups in total. The van der Waals surface area contributed by atoms with Crippen molar-refractivity contribution >= 4 is 44.1 Å². The normalized spacial score (nSPS) is 18.9. The van der Waals surface area contributed by atoms with Gasteiger partial charge < -0.3 is 14.6 Å². The summed E-state index contributed by atoms with van der Waals surface area (Å²) in [6.45, 7) is 2.80. The molecule has 4 aromatic rings. The lowest BCUT2D eigenvalue weighted by atomic mass is 9.96. The molecule has 8 nitrogen and oxygen atoms in total. The van der Waals surface area contributed by atoms with Gasteiger partial charge in [0.05, 0.1) is 21.8 Å². The SMILES string of the molecule is Cc1ccc2nc(N3C(=O)C(=O)/C(=C(/O)c4ccc5c(c4)OCCO5)C3c3cccnc3)sc2c1. The van der Waals surface area contributed by atoms with Crippen LogP contribution in [0.4, 0.5) is 5.13 Å². The number of ether oxygens (including phenoxy) is 2. The van der Waals surface area contributed by atoms with E-state index in [1.165, 1.54) is 16.2 Å². The molecular formula is C26H19N3O5S. The third kappa shape index (κ3) is 3.52. The van der Waals surface area contributed by atoms with Crippen LogP contribution in [0.2, 0.25) is 0 Å². The van der Waals surface area contributed by atoms with Crippen LogP contribution in [0.5, 0.6) is 11.5 Å². The first-order valence-electron chi connectivity index (χ1n) is 11.0. The number of benzene rings is 2. The standard InChI is InChI=1S/C26H19N3O5S/c1-14-4-6-17-20(11-14)35-26(28-17)29-22(16-3-2-8-27-13-16)21(24(31)25(29)32)23(30)15-5-7-18-19(12-15)34-10-9-33-18/h2-8,11-13,22,30H,9-10H2,1H3/b23-21+. The van der Waals surface area contributed by atoms with Crippen LogP contribution < -0.4 is 14.4 Å². The Morgan fingerprint density at radius 1 is 1.09 bits per heavy atom. The predicted octanol–water partition coefficient (Wildman–Crippen LogP) is 4.40. The highest BCUT2D eigenvalue weighted by atomic mass is 32.1. The fourth-order valence-electron chi connectivity index (χ4n) is 4.35. The number of aryl methyl sites for hydroxylation is 1. The lowest BCUT2D eigenvalue weighted by Crippen LogP contribution is -2.29. The molecule has 0 bridgehead atoms. The molecule has 0 spiro atoms. The Bertz CT molecular complexity index is 1530. The molecule has 1 amide bonds. The van der Waals surface area contributed by atoms with Crippen LogP contribution in [-0.2, 0) is 9.59 Å². The van der Waals surface area contributed by atoms with Gasteiger partial charge in [-0.15, -0.1) is 0 Å². The van der Waals surface area contributed by atoms with Crippen molar-refractivity contribution < 1.29 is 24.2 Å². The van der Waals surface area contributed by atoms with Gasteiger partial charge in [-0.1, -0.05) is 23.5 Å². The van der Waals surface area contributed by atoms with Gasteiger partial charge in [-0.05, 0) is 54.4 Å². The van der Waals surface area contributed by atoms with Gasteiger partial charge in [0.2, 0.25) is 0 Å². The first kappa shape index (κ1) is 21.3. The Hall–Kier alpha value is -4.24. The summed E-state index contributed by atoms with van der Waals surface area (Å²) in [5.74, 6) is -0.820. The summed E-state index contributed by atoms with van der Waals surface area (Å²) in [5.41, 5.74) is 2.70. The van der Waals surface area contributed by atoms with Crippen LogP contribution in [0, 0.1) is 6.92 Å². The number of Topliss-reactive ketones (excluding diaryl/α,β-unsaturated/α-hetero) is 1. The number of pyridine rings is 1. The summed E-state index contributed by atoms with van der Waals surface area (Å²) >= 11 is 1.32. The van der Waals surface area contributed by atoms with Gasteiger partial charge in [-0.2, -0.15) is 0 Å². The van der Waals surface area contributed by atoms with E-state index < -0.39 is 17.7 Å². The van der Waals surface area contributed by atoms with Crippen LogP contribution in [0.1, 0.15) is 22.7 Å². The van der Waals surface area contributed by atoms with Crippen molar-refractivity contribution in [3.63, 3.8) is 0 Å². The number of aliphatic hydroxyl groups is 1. The fraction of sp³-hybridized carbons (Fsp3) is 0.154. The average Bonchev–Trinajstić information content (AvgIpc) is 3.41. The molecule has 4 heterocycles. The minimum absolute atomic E-state index is 0.0323. The van der Waals surface area contributed by atoms with Gasteiger partial charge in [0, 0.05) is 18.0 Å². The molecule has 2 aliphatic rings. The van der Waals surface area contributed by atoms with Crippen LogP contribution in [-0.4, -0.2) is 40.0 Å². The summed E-state index contributed by atoms with van der Waals surface area (Å²) < 4.78 is 12.1. The number of aliphatic hydroxyl groups excluding tert-OH is 1. The first-order valence-corrected chi connectivity index (χ1v) is 11.8. The molecular weight excluding hydrogens is 466 g/mol. The second kappa shape index (κ2) is 8.21. The smallest absolute Gasteiger partial charge is 0.301 e. The van der Waals surface area contributed by atoms with Crippen molar-refractivity contribution in [1.82, 2.24) is 9.97 Å². The van der Waals surface area contributed by atoms with E-state index in [9.17, 15) is 14.7 Å². The lowest BCUT2D eigenvalue weighted by molar-refractivity contribution is -0.132. The number of hydrogen-bond donors (Lipinski definition) is 1. The third-order valence-electron chi connectivity index (χ3n) is 6.00. The van der Waals surface area contributed by atoms with E-state index in [-0.39, 0.29) is 11.3 Å². The van der Waals surface area contributed by atoms with Crippen LogP contribution in [0.25, 0.3) is 16.0 Å². The van der Waals surface area contributed by atoms with Crippen LogP contribution in [0.15, 0.2) is 66.5 Å². The number of aromatic nitrogens is 2. The monoisotopic (exact) mass is 485 g/mol. The molecule has 9 heteroatoms. The van der Waals surface area contributed by atoms with Gasteiger partial charge >= 0.3 is 5.91 Å². The maximum absolute atomic E-state index is 13.3. The second-order valence-electron chi connectivity index (χ2n) is 8.28. The largest absolute Gasteiger partial charge is 0.507 e. The van der Waals surface area contributed by atoms with Gasteiger partial charge in [-0.25, -0.2) is 4.98 Å². The van der Waals surface area contributed by atoms with Gasteiger partial charge in [0.25, 0.3) is 5.78 Å². The molecule has 2 aromatic carbocycles. The van der Waals surface area contributed by atoms with Crippen molar-refractivity contribution in [1.29, 1.82) is 0 Å². The zero-order valence-electron chi connectivity index (χ0n) is 18.6. The number of ketones is 1. The van der Waals surface area contributed by atoms with Crippen molar-refractivity contribution in [2.45, 2.75) is 13.0 Å². The molecule has 1 atom stereocenters. The van der Waals surface area contributed by atoms with Gasteiger partial charge in [-0.3, -0.25) is 19.5 Å². The summed E-state index contributed by atoms with van der Waals surface area (Å²) in [6, 6.07) is 13.3. The van der Waals surface area contributed by atoms with E-state index >= 15 is 0 Å². The van der Waals surface area contributed by atoms with Crippen molar-refractivity contribution in [2.24, 2.45) is 0 Å². The molecule has 2 aliphatic heterocycles. The quantitative estimate of drug-likeness (QED) is 0.261. The van der Waals surface area contributed by atoms with E-state index in [2.05, 4.69) is 9.97 Å². The highest BCUT2D eigenvalue weighted by Gasteiger charge is 2.48. The Kier molecular flexibility index (Phi) is 5.00. The highest BCUT2D eigenvalue weighted by molar-refractivity contribution is 7.22. The predicted molar refractivity (Wildman–Crippen MR) is 131 cm³/mol. The Morgan fingerprint density at radius 2 is 1.91 bits per heavy atom. The average molecular weight is 486 g/mol. The summed E-state index contributed by atoms with van der Waals surface area (Å²) in [5, 5.41) is 11.7.